The first-order valence-electron chi connectivity index (χ1n) is 5.00. The molecule has 3 nitrogen and oxygen atoms in total. The number of hydrogen-bond donors (Lipinski definition) is 2. The maximum atomic E-state index is 10.5. The molecule has 1 heterocycles. The van der Waals surface area contributed by atoms with Crippen molar-refractivity contribution in [3.8, 4) is 0 Å². The van der Waals surface area contributed by atoms with E-state index in [2.05, 4.69) is 0 Å². The van der Waals surface area contributed by atoms with Crippen molar-refractivity contribution < 1.29 is 14.9 Å². The molecule has 2 rings (SSSR count). The summed E-state index contributed by atoms with van der Waals surface area (Å²) >= 11 is 0. The van der Waals surface area contributed by atoms with Crippen molar-refractivity contribution in [2.24, 2.45) is 0 Å². The van der Waals surface area contributed by atoms with Gasteiger partial charge in [-0.2, -0.15) is 0 Å². The predicted molar refractivity (Wildman–Crippen MR) is 52.9 cm³/mol. The second-order valence-corrected chi connectivity index (χ2v) is 4.88. The molecule has 0 aromatic heterocycles. The Balaban J connectivity index is 2.60. The third kappa shape index (κ3) is 0.658. The molecule has 0 spiro atoms. The number of ether oxygens (including phenoxy) is 1. The summed E-state index contributed by atoms with van der Waals surface area (Å²) in [4.78, 5) is 0. The minimum Gasteiger partial charge on any atom is -0.383 e. The predicted octanol–water partition coefficient (Wildman–Crippen LogP) is 0.996. The summed E-state index contributed by atoms with van der Waals surface area (Å²) in [6.07, 6.45) is -0.239. The maximum absolute atomic E-state index is 10.5. The average molecular weight is 198 g/mol. The highest BCUT2D eigenvalue weighted by atomic mass is 16.6. The zero-order chi connectivity index (χ0) is 10.9. The van der Waals surface area contributed by atoms with E-state index in [1.54, 1.807) is 13.8 Å². The van der Waals surface area contributed by atoms with Gasteiger partial charge in [0, 0.05) is 0 Å². The fourth-order valence-electron chi connectivity index (χ4n) is 3.02. The van der Waals surface area contributed by atoms with E-state index in [0.717, 1.165) is 11.1 Å². The highest BCUT2D eigenvalue weighted by molar-refractivity contribution is 5.48. The van der Waals surface area contributed by atoms with Gasteiger partial charge in [0.15, 0.2) is 0 Å². The molecule has 80 valence electrons. The highest BCUT2D eigenvalue weighted by Gasteiger charge is 2.75. The van der Waals surface area contributed by atoms with Crippen molar-refractivity contribution in [2.45, 2.75) is 57.5 Å². The molecule has 0 unspecified atom stereocenters. The number of hydrogen-bond acceptors (Lipinski definition) is 3. The molecule has 1 saturated heterocycles. The fourth-order valence-corrected chi connectivity index (χ4v) is 3.02. The maximum Gasteiger partial charge on any atom is 0.143 e. The van der Waals surface area contributed by atoms with Gasteiger partial charge in [-0.05, 0) is 45.8 Å². The first kappa shape index (κ1) is 10.1. The second kappa shape index (κ2) is 2.23. The van der Waals surface area contributed by atoms with Crippen LogP contribution in [0.15, 0.2) is 11.1 Å². The van der Waals surface area contributed by atoms with Gasteiger partial charge < -0.3 is 14.9 Å². The van der Waals surface area contributed by atoms with Crippen molar-refractivity contribution in [3.63, 3.8) is 0 Å². The lowest BCUT2D eigenvalue weighted by Gasteiger charge is -2.59. The normalized spacial score (nSPS) is 57.2. The van der Waals surface area contributed by atoms with Crippen molar-refractivity contribution in [3.05, 3.63) is 11.1 Å². The molecule has 0 aromatic rings. The molecular weight excluding hydrogens is 180 g/mol. The van der Waals surface area contributed by atoms with Crippen molar-refractivity contribution >= 4 is 0 Å². The molecule has 4 atom stereocenters. The van der Waals surface area contributed by atoms with E-state index in [4.69, 9.17) is 4.74 Å². The fraction of sp³-hybridized carbons (Fsp3) is 0.818. The zero-order valence-electron chi connectivity index (χ0n) is 9.38. The minimum absolute atomic E-state index is 0.239. The van der Waals surface area contributed by atoms with Gasteiger partial charge in [-0.3, -0.25) is 0 Å². The second-order valence-electron chi connectivity index (χ2n) is 4.88. The van der Waals surface area contributed by atoms with Crippen LogP contribution in [0, 0.1) is 0 Å². The largest absolute Gasteiger partial charge is 0.383 e. The Labute approximate surface area is 84.4 Å². The van der Waals surface area contributed by atoms with Crippen molar-refractivity contribution in [1.29, 1.82) is 0 Å². The van der Waals surface area contributed by atoms with Gasteiger partial charge in [0.05, 0.1) is 6.10 Å². The standard InChI is InChI=1S/C11H18O3/c1-6-7(2)11(13)8(3)14-10(11,5)9(6,4)12/h8,12-13H,1-5H3/t8-,9-,10+,11-/m0/s1. The summed E-state index contributed by atoms with van der Waals surface area (Å²) in [6, 6.07) is 0. The topological polar surface area (TPSA) is 49.7 Å². The summed E-state index contributed by atoms with van der Waals surface area (Å²) in [5.74, 6) is 0. The van der Waals surface area contributed by atoms with Gasteiger partial charge >= 0.3 is 0 Å². The molecule has 0 aromatic carbocycles. The SMILES string of the molecule is CC1=C(C)[C@]2(O)[C@H](C)O[C@]2(C)[C@@]1(C)O. The molecule has 1 aliphatic carbocycles. The van der Waals surface area contributed by atoms with E-state index in [-0.39, 0.29) is 6.10 Å². The van der Waals surface area contributed by atoms with E-state index in [0.29, 0.717) is 0 Å². The van der Waals surface area contributed by atoms with Crippen LogP contribution in [-0.4, -0.2) is 33.1 Å². The molecule has 0 bridgehead atoms. The first-order chi connectivity index (χ1) is 6.19. The Morgan fingerprint density at radius 2 is 1.64 bits per heavy atom. The van der Waals surface area contributed by atoms with Crippen molar-refractivity contribution in [2.75, 3.05) is 0 Å². The lowest BCUT2D eigenvalue weighted by Crippen LogP contribution is -2.76. The Bertz CT molecular complexity index is 331. The summed E-state index contributed by atoms with van der Waals surface area (Å²) in [7, 11) is 0. The van der Waals surface area contributed by atoms with Gasteiger partial charge in [-0.15, -0.1) is 0 Å². The Kier molecular flexibility index (Phi) is 1.62. The Hall–Kier alpha value is -0.380. The Morgan fingerprint density at radius 3 is 1.93 bits per heavy atom. The number of fused-ring (bicyclic) bond motifs is 1. The summed E-state index contributed by atoms with van der Waals surface area (Å²) < 4.78 is 5.57. The molecular formula is C11H18O3. The van der Waals surface area contributed by atoms with Crippen LogP contribution in [-0.2, 0) is 4.74 Å². The molecule has 2 N–H and O–H groups in total. The quantitative estimate of drug-likeness (QED) is 0.571. The first-order valence-corrected chi connectivity index (χ1v) is 5.00. The molecule has 0 radical (unpaired) electrons. The molecule has 3 heteroatoms. The smallest absolute Gasteiger partial charge is 0.143 e. The lowest BCUT2D eigenvalue weighted by molar-refractivity contribution is -0.353. The van der Waals surface area contributed by atoms with Crippen molar-refractivity contribution in [1.82, 2.24) is 0 Å². The van der Waals surface area contributed by atoms with Gasteiger partial charge in [-0.1, -0.05) is 0 Å². The van der Waals surface area contributed by atoms with E-state index in [1.165, 1.54) is 0 Å². The molecule has 0 amide bonds. The van der Waals surface area contributed by atoms with E-state index in [1.807, 2.05) is 20.8 Å². The van der Waals surface area contributed by atoms with Crippen LogP contribution in [0.4, 0.5) is 0 Å². The summed E-state index contributed by atoms with van der Waals surface area (Å²) in [5, 5.41) is 20.8. The van der Waals surface area contributed by atoms with Crippen LogP contribution >= 0.6 is 0 Å². The van der Waals surface area contributed by atoms with Crippen LogP contribution in [0.3, 0.4) is 0 Å². The third-order valence-corrected chi connectivity index (χ3v) is 4.52. The molecule has 14 heavy (non-hydrogen) atoms. The summed E-state index contributed by atoms with van der Waals surface area (Å²) in [6.45, 7) is 9.03. The minimum atomic E-state index is -1.07. The van der Waals surface area contributed by atoms with E-state index in [9.17, 15) is 10.2 Å². The van der Waals surface area contributed by atoms with Gasteiger partial charge in [0.1, 0.15) is 16.8 Å². The van der Waals surface area contributed by atoms with Crippen LogP contribution < -0.4 is 0 Å². The molecule has 1 aliphatic heterocycles. The van der Waals surface area contributed by atoms with Crippen LogP contribution in [0.25, 0.3) is 0 Å². The molecule has 2 aliphatic rings. The lowest BCUT2D eigenvalue weighted by atomic mass is 9.68. The number of aliphatic hydroxyl groups is 2. The number of rotatable bonds is 0. The van der Waals surface area contributed by atoms with Crippen LogP contribution in [0.5, 0.6) is 0 Å². The van der Waals surface area contributed by atoms with Crippen LogP contribution in [0.1, 0.15) is 34.6 Å². The molecule has 1 fully saturated rings. The van der Waals surface area contributed by atoms with Gasteiger partial charge in [0.25, 0.3) is 0 Å². The Morgan fingerprint density at radius 1 is 1.14 bits per heavy atom. The third-order valence-electron chi connectivity index (χ3n) is 4.52. The van der Waals surface area contributed by atoms with E-state index >= 15 is 0 Å². The summed E-state index contributed by atoms with van der Waals surface area (Å²) in [5.41, 5.74) is -1.28. The monoisotopic (exact) mass is 198 g/mol. The van der Waals surface area contributed by atoms with Gasteiger partial charge in [0.2, 0.25) is 0 Å². The van der Waals surface area contributed by atoms with Crippen LogP contribution in [0.2, 0.25) is 0 Å². The zero-order valence-corrected chi connectivity index (χ0v) is 9.38. The average Bonchev–Trinajstić information content (AvgIpc) is 2.18. The van der Waals surface area contributed by atoms with Gasteiger partial charge in [-0.25, -0.2) is 0 Å². The van der Waals surface area contributed by atoms with E-state index < -0.39 is 16.8 Å². The molecule has 0 saturated carbocycles. The highest BCUT2D eigenvalue weighted by Crippen LogP contribution is 2.60.